The van der Waals surface area contributed by atoms with E-state index in [0.29, 0.717) is 0 Å². The van der Waals surface area contributed by atoms with Gasteiger partial charge < -0.3 is 13.3 Å². The Bertz CT molecular complexity index is 3330. The summed E-state index contributed by atoms with van der Waals surface area (Å²) >= 11 is 1.78. The lowest BCUT2D eigenvalue weighted by Crippen LogP contribution is -1.92. The Balaban J connectivity index is 1.27. The summed E-state index contributed by atoms with van der Waals surface area (Å²) in [7, 11) is 0. The lowest BCUT2D eigenvalue weighted by Gasteiger charge is -2.18. The van der Waals surface area contributed by atoms with Gasteiger partial charge in [-0.15, -0.1) is 11.3 Å². The third-order valence-corrected chi connectivity index (χ3v) is 11.5. The number of furan rings is 3. The van der Waals surface area contributed by atoms with Gasteiger partial charge in [0.1, 0.15) is 33.5 Å². The van der Waals surface area contributed by atoms with Crippen LogP contribution in [0.25, 0.3) is 120 Å². The van der Waals surface area contributed by atoms with Crippen molar-refractivity contribution in [3.05, 3.63) is 145 Å². The standard InChI is InChI=1S/C46H24O3S/c1-3-14-28-26(12-1)40(33-24-39-42(46-30(33)21-22-50-46)31-16-6-9-19-37(31)47-39)27-13-2-4-15-29(27)41(28)35-23-34-25-11-5-8-18-36(25)48-44(34)43-32-17-7-10-20-38(32)49-45(35)43/h1-24H. The summed E-state index contributed by atoms with van der Waals surface area (Å²) in [6, 6.07) is 49.4. The Hall–Kier alpha value is -6.36. The number of benzene rings is 8. The highest BCUT2D eigenvalue weighted by atomic mass is 32.1. The van der Waals surface area contributed by atoms with E-state index in [-0.39, 0.29) is 0 Å². The second-order valence-electron chi connectivity index (χ2n) is 13.1. The van der Waals surface area contributed by atoms with Crippen molar-refractivity contribution in [1.82, 2.24) is 0 Å². The van der Waals surface area contributed by atoms with Gasteiger partial charge in [0.05, 0.1) is 5.39 Å². The van der Waals surface area contributed by atoms with Crippen molar-refractivity contribution >= 4 is 109 Å². The van der Waals surface area contributed by atoms with Crippen LogP contribution in [0.2, 0.25) is 0 Å². The molecular weight excluding hydrogens is 633 g/mol. The van der Waals surface area contributed by atoms with Crippen molar-refractivity contribution in [3.8, 4) is 22.3 Å². The molecule has 0 aliphatic heterocycles. The van der Waals surface area contributed by atoms with Gasteiger partial charge in [-0.25, -0.2) is 0 Å². The zero-order chi connectivity index (χ0) is 32.5. The minimum absolute atomic E-state index is 0.838. The van der Waals surface area contributed by atoms with Gasteiger partial charge >= 0.3 is 0 Å². The fourth-order valence-corrected chi connectivity index (χ4v) is 9.46. The third kappa shape index (κ3) is 3.38. The first-order valence-corrected chi connectivity index (χ1v) is 17.7. The van der Waals surface area contributed by atoms with E-state index < -0.39 is 0 Å². The van der Waals surface area contributed by atoms with E-state index in [1.54, 1.807) is 11.3 Å². The van der Waals surface area contributed by atoms with Gasteiger partial charge in [0.15, 0.2) is 0 Å². The molecule has 232 valence electrons. The molecule has 0 bridgehead atoms. The predicted molar refractivity (Wildman–Crippen MR) is 210 cm³/mol. The van der Waals surface area contributed by atoms with E-state index in [2.05, 4.69) is 115 Å². The first kappa shape index (κ1) is 26.6. The number of thiophene rings is 1. The normalized spacial score (nSPS) is 12.4. The van der Waals surface area contributed by atoms with Crippen LogP contribution in [0.5, 0.6) is 0 Å². The third-order valence-electron chi connectivity index (χ3n) is 10.5. The predicted octanol–water partition coefficient (Wildman–Crippen LogP) is 14.2. The van der Waals surface area contributed by atoms with Crippen molar-refractivity contribution in [2.24, 2.45) is 0 Å². The minimum Gasteiger partial charge on any atom is -0.456 e. The molecular formula is C46H24O3S. The van der Waals surface area contributed by atoms with E-state index in [0.717, 1.165) is 71.6 Å². The molecule has 4 heterocycles. The molecule has 12 aromatic rings. The quantitative estimate of drug-likeness (QED) is 0.174. The summed E-state index contributed by atoms with van der Waals surface area (Å²) in [6.07, 6.45) is 0. The Kier molecular flexibility index (Phi) is 5.12. The second-order valence-corrected chi connectivity index (χ2v) is 14.0. The smallest absolute Gasteiger partial charge is 0.147 e. The molecule has 0 spiro atoms. The van der Waals surface area contributed by atoms with Crippen molar-refractivity contribution in [1.29, 1.82) is 0 Å². The largest absolute Gasteiger partial charge is 0.456 e. The zero-order valence-corrected chi connectivity index (χ0v) is 27.3. The summed E-state index contributed by atoms with van der Waals surface area (Å²) in [6.45, 7) is 0. The molecule has 0 radical (unpaired) electrons. The Labute approximate surface area is 288 Å². The fourth-order valence-electron chi connectivity index (χ4n) is 8.49. The first-order valence-electron chi connectivity index (χ1n) is 16.8. The van der Waals surface area contributed by atoms with Crippen LogP contribution in [0.1, 0.15) is 0 Å². The van der Waals surface area contributed by atoms with E-state index in [1.165, 1.54) is 48.1 Å². The zero-order valence-electron chi connectivity index (χ0n) is 26.5. The monoisotopic (exact) mass is 656 g/mol. The van der Waals surface area contributed by atoms with Gasteiger partial charge in [-0.1, -0.05) is 103 Å². The fraction of sp³-hybridized carbons (Fsp3) is 0. The molecule has 8 aromatic carbocycles. The number of rotatable bonds is 2. The summed E-state index contributed by atoms with van der Waals surface area (Å²) in [5, 5.41) is 14.7. The summed E-state index contributed by atoms with van der Waals surface area (Å²) in [5.74, 6) is 0. The van der Waals surface area contributed by atoms with Gasteiger partial charge in [0, 0.05) is 48.1 Å². The van der Waals surface area contributed by atoms with E-state index >= 15 is 0 Å². The van der Waals surface area contributed by atoms with Gasteiger partial charge in [-0.3, -0.25) is 0 Å². The molecule has 4 aromatic heterocycles. The van der Waals surface area contributed by atoms with Crippen LogP contribution in [-0.4, -0.2) is 0 Å². The van der Waals surface area contributed by atoms with Gasteiger partial charge in [0.2, 0.25) is 0 Å². The van der Waals surface area contributed by atoms with Gasteiger partial charge in [-0.05, 0) is 74.5 Å². The maximum Gasteiger partial charge on any atom is 0.147 e. The Morgan fingerprint density at radius 2 is 0.840 bits per heavy atom. The van der Waals surface area contributed by atoms with Crippen molar-refractivity contribution in [2.75, 3.05) is 0 Å². The number of hydrogen-bond acceptors (Lipinski definition) is 4. The van der Waals surface area contributed by atoms with Crippen LogP contribution in [0, 0.1) is 0 Å². The first-order chi connectivity index (χ1) is 24.8. The summed E-state index contributed by atoms with van der Waals surface area (Å²) in [4.78, 5) is 0. The highest BCUT2D eigenvalue weighted by Crippen LogP contribution is 2.51. The molecule has 0 N–H and O–H groups in total. The van der Waals surface area contributed by atoms with Gasteiger partial charge in [-0.2, -0.15) is 0 Å². The second kappa shape index (κ2) is 9.63. The van der Waals surface area contributed by atoms with E-state index in [9.17, 15) is 0 Å². The molecule has 0 aliphatic rings. The molecule has 3 nitrogen and oxygen atoms in total. The highest BCUT2D eigenvalue weighted by molar-refractivity contribution is 7.18. The molecule has 0 amide bonds. The lowest BCUT2D eigenvalue weighted by atomic mass is 9.84. The van der Waals surface area contributed by atoms with Gasteiger partial charge in [0.25, 0.3) is 0 Å². The SMILES string of the molecule is c1ccc2c(c1)oc1c2cc(-c2c3ccccc3c(-c3cc4oc5ccccc5c4c4sccc34)c3ccccc23)c2oc3ccccc3c21. The lowest BCUT2D eigenvalue weighted by molar-refractivity contribution is 0.663. The topological polar surface area (TPSA) is 39.4 Å². The number of para-hydroxylation sites is 3. The molecule has 4 heteroatoms. The van der Waals surface area contributed by atoms with Crippen LogP contribution in [0.4, 0.5) is 0 Å². The Morgan fingerprint density at radius 1 is 0.340 bits per heavy atom. The van der Waals surface area contributed by atoms with E-state index in [4.69, 9.17) is 13.3 Å². The molecule has 0 unspecified atom stereocenters. The van der Waals surface area contributed by atoms with E-state index in [1.807, 2.05) is 30.3 Å². The van der Waals surface area contributed by atoms with Crippen LogP contribution in [0.3, 0.4) is 0 Å². The van der Waals surface area contributed by atoms with Crippen LogP contribution < -0.4 is 0 Å². The summed E-state index contributed by atoms with van der Waals surface area (Å²) in [5.41, 5.74) is 9.84. The van der Waals surface area contributed by atoms with Crippen LogP contribution in [-0.2, 0) is 0 Å². The molecule has 0 saturated heterocycles. The van der Waals surface area contributed by atoms with Crippen molar-refractivity contribution in [2.45, 2.75) is 0 Å². The maximum absolute atomic E-state index is 6.81. The average Bonchev–Trinajstić information content (AvgIpc) is 3.95. The molecule has 0 saturated carbocycles. The van der Waals surface area contributed by atoms with Crippen molar-refractivity contribution < 1.29 is 13.3 Å². The van der Waals surface area contributed by atoms with Crippen molar-refractivity contribution in [3.63, 3.8) is 0 Å². The van der Waals surface area contributed by atoms with Crippen LogP contribution >= 0.6 is 11.3 Å². The molecule has 0 atom stereocenters. The molecule has 0 aliphatic carbocycles. The van der Waals surface area contributed by atoms with Crippen LogP contribution in [0.15, 0.2) is 158 Å². The average molecular weight is 657 g/mol. The number of hydrogen-bond donors (Lipinski definition) is 0. The molecule has 50 heavy (non-hydrogen) atoms. The Morgan fingerprint density at radius 3 is 1.50 bits per heavy atom. The number of fused-ring (bicyclic) bond motifs is 14. The molecule has 0 fully saturated rings. The minimum atomic E-state index is 0.838. The summed E-state index contributed by atoms with van der Waals surface area (Å²) < 4.78 is 21.2. The molecule has 12 rings (SSSR count). The highest BCUT2D eigenvalue weighted by Gasteiger charge is 2.25. The maximum atomic E-state index is 6.81.